The molecule has 10 heavy (non-hydrogen) atoms. The Kier molecular flexibility index (Phi) is 0.960. The van der Waals surface area contributed by atoms with Gasteiger partial charge in [0.15, 0.2) is 0 Å². The van der Waals surface area contributed by atoms with Crippen molar-refractivity contribution >= 4 is 5.91 Å². The van der Waals surface area contributed by atoms with Crippen LogP contribution in [-0.4, -0.2) is 23.9 Å². The van der Waals surface area contributed by atoms with Gasteiger partial charge in [0.1, 0.15) is 0 Å². The van der Waals surface area contributed by atoms with E-state index in [4.69, 9.17) is 0 Å². The highest BCUT2D eigenvalue weighted by Gasteiger charge is 2.56. The maximum Gasteiger partial charge on any atom is 0.219 e. The predicted molar refractivity (Wildman–Crippen MR) is 38.5 cm³/mol. The highest BCUT2D eigenvalue weighted by atomic mass is 16.2. The number of likely N-dealkylation sites (tertiary alicyclic amines) is 1. The summed E-state index contributed by atoms with van der Waals surface area (Å²) in [4.78, 5) is 12.8. The first kappa shape index (κ1) is 6.20. The molecule has 0 N–H and O–H groups in total. The summed E-state index contributed by atoms with van der Waals surface area (Å²) >= 11 is 0. The number of hydrogen-bond donors (Lipinski definition) is 0. The molecule has 56 valence electrons. The van der Waals surface area contributed by atoms with Crippen LogP contribution in [0.15, 0.2) is 0 Å². The summed E-state index contributed by atoms with van der Waals surface area (Å²) in [5.74, 6) is 1.07. The van der Waals surface area contributed by atoms with E-state index in [2.05, 4.69) is 6.92 Å². The summed E-state index contributed by atoms with van der Waals surface area (Å²) in [7, 11) is 0. The molecule has 2 rings (SSSR count). The highest BCUT2D eigenvalue weighted by Crippen LogP contribution is 2.57. The zero-order chi connectivity index (χ0) is 7.35. The Bertz CT molecular complexity index is 190. The van der Waals surface area contributed by atoms with E-state index in [1.54, 1.807) is 6.92 Å². The van der Waals surface area contributed by atoms with Crippen molar-refractivity contribution in [1.82, 2.24) is 4.90 Å². The van der Waals surface area contributed by atoms with Gasteiger partial charge in [-0.15, -0.1) is 0 Å². The summed E-state index contributed by atoms with van der Waals surface area (Å²) < 4.78 is 0. The van der Waals surface area contributed by atoms with Gasteiger partial charge in [0.2, 0.25) is 5.91 Å². The van der Waals surface area contributed by atoms with Crippen LogP contribution < -0.4 is 0 Å². The van der Waals surface area contributed by atoms with Gasteiger partial charge in [0.05, 0.1) is 0 Å². The second kappa shape index (κ2) is 1.55. The van der Waals surface area contributed by atoms with Crippen LogP contribution in [0.4, 0.5) is 0 Å². The Morgan fingerprint density at radius 2 is 2.40 bits per heavy atom. The maximum atomic E-state index is 10.9. The highest BCUT2D eigenvalue weighted by molar-refractivity contribution is 5.74. The fraction of sp³-hybridized carbons (Fsp3) is 0.875. The standard InChI is InChI=1S/C8H13NO/c1-6(10)9-4-7-3-8(7,2)5-9/h7H,3-5H2,1-2H3. The summed E-state index contributed by atoms with van der Waals surface area (Å²) in [6, 6.07) is 0. The van der Waals surface area contributed by atoms with Crippen molar-refractivity contribution in [3.8, 4) is 0 Å². The number of fused-ring (bicyclic) bond motifs is 1. The molecule has 2 aliphatic rings. The number of nitrogens with zero attached hydrogens (tertiary/aromatic N) is 1. The molecule has 2 heteroatoms. The average molecular weight is 139 g/mol. The van der Waals surface area contributed by atoms with E-state index in [0.29, 0.717) is 5.41 Å². The van der Waals surface area contributed by atoms with Crippen LogP contribution >= 0.6 is 0 Å². The lowest BCUT2D eigenvalue weighted by molar-refractivity contribution is -0.128. The van der Waals surface area contributed by atoms with E-state index >= 15 is 0 Å². The van der Waals surface area contributed by atoms with Gasteiger partial charge < -0.3 is 4.90 Å². The number of amides is 1. The molecule has 0 spiro atoms. The van der Waals surface area contributed by atoms with E-state index in [1.807, 2.05) is 4.90 Å². The molecule has 2 atom stereocenters. The molecule has 2 nitrogen and oxygen atoms in total. The average Bonchev–Trinajstić information content (AvgIpc) is 2.32. The molecule has 1 amide bonds. The minimum absolute atomic E-state index is 0.244. The molecule has 1 aliphatic heterocycles. The maximum absolute atomic E-state index is 10.9. The smallest absolute Gasteiger partial charge is 0.219 e. The van der Waals surface area contributed by atoms with E-state index in [1.165, 1.54) is 6.42 Å². The number of piperidine rings is 1. The molecule has 1 saturated carbocycles. The fourth-order valence-corrected chi connectivity index (χ4v) is 1.99. The summed E-state index contributed by atoms with van der Waals surface area (Å²) in [6.45, 7) is 5.97. The largest absolute Gasteiger partial charge is 0.342 e. The second-order valence-electron chi connectivity index (χ2n) is 3.95. The number of carbonyl (C=O) groups is 1. The number of rotatable bonds is 0. The van der Waals surface area contributed by atoms with Crippen LogP contribution in [0.1, 0.15) is 20.3 Å². The molecular weight excluding hydrogens is 126 g/mol. The third-order valence-electron chi connectivity index (χ3n) is 2.98. The monoisotopic (exact) mass is 139 g/mol. The van der Waals surface area contributed by atoms with E-state index in [-0.39, 0.29) is 5.91 Å². The Labute approximate surface area is 61.2 Å². The summed E-state index contributed by atoms with van der Waals surface area (Å²) in [5, 5.41) is 0. The molecular formula is C8H13NO. The zero-order valence-corrected chi connectivity index (χ0v) is 6.55. The molecule has 1 saturated heterocycles. The van der Waals surface area contributed by atoms with Crippen molar-refractivity contribution in [2.75, 3.05) is 13.1 Å². The van der Waals surface area contributed by atoms with Crippen molar-refractivity contribution in [3.05, 3.63) is 0 Å². The first-order valence-corrected chi connectivity index (χ1v) is 3.87. The molecule has 2 unspecified atom stereocenters. The van der Waals surface area contributed by atoms with Crippen molar-refractivity contribution in [2.45, 2.75) is 20.3 Å². The first-order chi connectivity index (χ1) is 4.62. The van der Waals surface area contributed by atoms with Gasteiger partial charge in [-0.25, -0.2) is 0 Å². The van der Waals surface area contributed by atoms with Gasteiger partial charge in [0.25, 0.3) is 0 Å². The SMILES string of the molecule is CC(=O)N1CC2CC2(C)C1. The fourth-order valence-electron chi connectivity index (χ4n) is 1.99. The van der Waals surface area contributed by atoms with Crippen LogP contribution in [0.3, 0.4) is 0 Å². The summed E-state index contributed by atoms with van der Waals surface area (Å²) in [6.07, 6.45) is 1.34. The minimum Gasteiger partial charge on any atom is -0.342 e. The van der Waals surface area contributed by atoms with Crippen molar-refractivity contribution in [1.29, 1.82) is 0 Å². The zero-order valence-electron chi connectivity index (χ0n) is 6.55. The van der Waals surface area contributed by atoms with E-state index in [0.717, 1.165) is 19.0 Å². The molecule has 0 bridgehead atoms. The molecule has 1 aliphatic carbocycles. The van der Waals surface area contributed by atoms with Crippen molar-refractivity contribution in [3.63, 3.8) is 0 Å². The van der Waals surface area contributed by atoms with Gasteiger partial charge >= 0.3 is 0 Å². The Balaban J connectivity index is 2.04. The van der Waals surface area contributed by atoms with Crippen LogP contribution in [0.2, 0.25) is 0 Å². The van der Waals surface area contributed by atoms with Gasteiger partial charge in [-0.3, -0.25) is 4.79 Å². The van der Waals surface area contributed by atoms with E-state index in [9.17, 15) is 4.79 Å². The van der Waals surface area contributed by atoms with E-state index < -0.39 is 0 Å². The van der Waals surface area contributed by atoms with Crippen LogP contribution in [-0.2, 0) is 4.79 Å². The predicted octanol–water partition coefficient (Wildman–Crippen LogP) is 0.875. The molecule has 2 fully saturated rings. The van der Waals surface area contributed by atoms with Gasteiger partial charge in [-0.2, -0.15) is 0 Å². The Morgan fingerprint density at radius 3 is 2.70 bits per heavy atom. The first-order valence-electron chi connectivity index (χ1n) is 3.87. The molecule has 1 heterocycles. The van der Waals surface area contributed by atoms with Crippen molar-refractivity contribution in [2.24, 2.45) is 11.3 Å². The Hall–Kier alpha value is -0.530. The van der Waals surface area contributed by atoms with Crippen molar-refractivity contribution < 1.29 is 4.79 Å². The third-order valence-corrected chi connectivity index (χ3v) is 2.98. The molecule has 0 aromatic heterocycles. The quantitative estimate of drug-likeness (QED) is 0.487. The van der Waals surface area contributed by atoms with Gasteiger partial charge in [-0.05, 0) is 17.8 Å². The lowest BCUT2D eigenvalue weighted by Gasteiger charge is -2.16. The van der Waals surface area contributed by atoms with Crippen LogP contribution in [0.5, 0.6) is 0 Å². The number of carbonyl (C=O) groups excluding carboxylic acids is 1. The topological polar surface area (TPSA) is 20.3 Å². The third kappa shape index (κ3) is 0.678. The summed E-state index contributed by atoms with van der Waals surface area (Å²) in [5.41, 5.74) is 0.520. The van der Waals surface area contributed by atoms with Gasteiger partial charge in [-0.1, -0.05) is 6.92 Å². The van der Waals surface area contributed by atoms with Gasteiger partial charge in [0, 0.05) is 20.0 Å². The molecule has 0 aromatic carbocycles. The molecule has 0 radical (unpaired) electrons. The van der Waals surface area contributed by atoms with Crippen LogP contribution in [0.25, 0.3) is 0 Å². The normalized spacial score (nSPS) is 43.4. The second-order valence-corrected chi connectivity index (χ2v) is 3.95. The molecule has 0 aromatic rings. The lowest BCUT2D eigenvalue weighted by atomic mass is 10.1. The Morgan fingerprint density at radius 1 is 1.70 bits per heavy atom. The minimum atomic E-state index is 0.244. The van der Waals surface area contributed by atoms with Crippen LogP contribution in [0, 0.1) is 11.3 Å². The lowest BCUT2D eigenvalue weighted by Crippen LogP contribution is -2.28. The number of hydrogen-bond acceptors (Lipinski definition) is 1.